The molecule has 9 N–H and O–H groups in total. The summed E-state index contributed by atoms with van der Waals surface area (Å²) in [4.78, 5) is 45.8. The predicted molar refractivity (Wildman–Crippen MR) is 146 cm³/mol. The quantitative estimate of drug-likeness (QED) is 0.158. The van der Waals surface area contributed by atoms with Crippen molar-refractivity contribution in [1.29, 1.82) is 0 Å². The van der Waals surface area contributed by atoms with Gasteiger partial charge in [-0.1, -0.05) is 77.9 Å². The number of hydrogen-bond donors (Lipinski definition) is 8. The van der Waals surface area contributed by atoms with Gasteiger partial charge in [0.25, 0.3) is 5.91 Å². The molecule has 0 aromatic heterocycles. The van der Waals surface area contributed by atoms with Crippen LogP contribution in [-0.4, -0.2) is 88.1 Å². The third-order valence-corrected chi connectivity index (χ3v) is 5.03. The maximum Gasteiger partial charge on any atom is 0.305 e. The number of aliphatic hydroxyl groups is 3. The highest BCUT2D eigenvalue weighted by Gasteiger charge is 2.27. The van der Waals surface area contributed by atoms with Crippen LogP contribution in [0.4, 0.5) is 0 Å². The van der Waals surface area contributed by atoms with Crippen molar-refractivity contribution in [2.45, 2.75) is 78.7 Å². The fourth-order valence-electron chi connectivity index (χ4n) is 2.63. The largest absolute Gasteiger partial charge is 0.481 e. The highest BCUT2D eigenvalue weighted by atomic mass is 16.4. The first kappa shape index (κ1) is 39.5. The Balaban J connectivity index is -0.00000116. The molecule has 1 aromatic rings. The fraction of sp³-hybridized carbons (Fsp3) is 0.615. The first-order valence-corrected chi connectivity index (χ1v) is 12.3. The third kappa shape index (κ3) is 19.1. The van der Waals surface area contributed by atoms with Gasteiger partial charge in [0.05, 0.1) is 37.8 Å². The lowest BCUT2D eigenvalue weighted by Crippen LogP contribution is -2.51. The number of nitrogens with two attached hydrogens (primary N) is 1. The van der Waals surface area contributed by atoms with Crippen molar-refractivity contribution in [2.24, 2.45) is 11.7 Å². The van der Waals surface area contributed by atoms with Crippen LogP contribution in [0.2, 0.25) is 0 Å². The van der Waals surface area contributed by atoms with E-state index in [4.69, 9.17) is 10.8 Å². The number of carboxylic acids is 1. The molecule has 0 saturated heterocycles. The van der Waals surface area contributed by atoms with Crippen molar-refractivity contribution in [1.82, 2.24) is 16.0 Å². The second kappa shape index (κ2) is 24.3. The Morgan fingerprint density at radius 3 is 1.84 bits per heavy atom. The number of nitrogens with one attached hydrogen (secondary N) is 3. The average Bonchev–Trinajstić information content (AvgIpc) is 2.91. The SMILES string of the molecule is C.CC.CCC(C)C(N)C(=O)NCC(=O)NC(CO)CC(O)[C@H](O)C(=O)NCCC(=O)O.c1ccccc1. The molecule has 3 amide bonds. The Morgan fingerprint density at radius 1 is 0.921 bits per heavy atom. The lowest BCUT2D eigenvalue weighted by atomic mass is 9.99. The number of hydrogen-bond acceptors (Lipinski definition) is 8. The zero-order valence-corrected chi connectivity index (χ0v) is 22.1. The average molecular weight is 545 g/mol. The van der Waals surface area contributed by atoms with Gasteiger partial charge in [-0.15, -0.1) is 0 Å². The first-order chi connectivity index (χ1) is 17.5. The van der Waals surface area contributed by atoms with Crippen molar-refractivity contribution < 1.29 is 39.6 Å². The van der Waals surface area contributed by atoms with Gasteiger partial charge in [0.1, 0.15) is 0 Å². The van der Waals surface area contributed by atoms with Gasteiger partial charge in [-0.05, 0) is 12.3 Å². The normalized spacial score (nSPS) is 13.7. The Kier molecular flexibility index (Phi) is 25.2. The molecule has 4 unspecified atom stereocenters. The minimum absolute atomic E-state index is 0. The lowest BCUT2D eigenvalue weighted by molar-refractivity contribution is -0.138. The van der Waals surface area contributed by atoms with E-state index in [1.807, 2.05) is 57.2 Å². The van der Waals surface area contributed by atoms with E-state index in [0.717, 1.165) is 0 Å². The summed E-state index contributed by atoms with van der Waals surface area (Å²) in [7, 11) is 0. The maximum atomic E-state index is 11.9. The molecule has 0 spiro atoms. The van der Waals surface area contributed by atoms with Crippen LogP contribution in [0.3, 0.4) is 0 Å². The van der Waals surface area contributed by atoms with Gasteiger partial charge in [-0.3, -0.25) is 19.2 Å². The smallest absolute Gasteiger partial charge is 0.305 e. The van der Waals surface area contributed by atoms with Gasteiger partial charge in [-0.2, -0.15) is 0 Å². The van der Waals surface area contributed by atoms with E-state index in [1.54, 1.807) is 6.92 Å². The van der Waals surface area contributed by atoms with Crippen LogP contribution in [0.15, 0.2) is 36.4 Å². The molecule has 5 atom stereocenters. The monoisotopic (exact) mass is 544 g/mol. The highest BCUT2D eigenvalue weighted by molar-refractivity contribution is 5.87. The van der Waals surface area contributed by atoms with Crippen molar-refractivity contribution in [2.75, 3.05) is 19.7 Å². The standard InChI is InChI=1S/C17H32N4O8.C6H6.C2H6.CH4/c1-3-9(2)14(18)16(28)20-7-12(24)21-10(8-22)6-11(23)15(27)17(29)19-5-4-13(25)26;1-2-4-6-5-3-1;1-2;/h9-11,14-15,22-23,27H,3-8,18H2,1-2H3,(H,19,29)(H,20,28)(H,21,24)(H,25,26);1-6H;1-2H3;1H4/t9?,10?,11?,14?,15-;;;/m0.../s1. The van der Waals surface area contributed by atoms with E-state index in [0.29, 0.717) is 6.42 Å². The van der Waals surface area contributed by atoms with Crippen LogP contribution in [0.1, 0.15) is 54.4 Å². The summed E-state index contributed by atoms with van der Waals surface area (Å²) in [6, 6.07) is 10.2. The number of aliphatic hydroxyl groups excluding tert-OH is 3. The first-order valence-electron chi connectivity index (χ1n) is 12.3. The Hall–Kier alpha value is -3.06. The molecule has 0 saturated carbocycles. The summed E-state index contributed by atoms with van der Waals surface area (Å²) in [5.41, 5.74) is 5.75. The number of amides is 3. The molecule has 0 aliphatic rings. The number of aliphatic carboxylic acids is 1. The van der Waals surface area contributed by atoms with Crippen molar-refractivity contribution in [3.63, 3.8) is 0 Å². The number of carbonyl (C=O) groups is 4. The highest BCUT2D eigenvalue weighted by Crippen LogP contribution is 2.06. The molecule has 220 valence electrons. The van der Waals surface area contributed by atoms with Gasteiger partial charge in [0.15, 0.2) is 6.10 Å². The van der Waals surface area contributed by atoms with Crippen LogP contribution < -0.4 is 21.7 Å². The minimum atomic E-state index is -1.87. The maximum absolute atomic E-state index is 11.9. The molecule has 0 aliphatic heterocycles. The van der Waals surface area contributed by atoms with E-state index in [-0.39, 0.29) is 32.7 Å². The fourth-order valence-corrected chi connectivity index (χ4v) is 2.63. The van der Waals surface area contributed by atoms with Crippen LogP contribution in [0, 0.1) is 5.92 Å². The molecule has 1 aromatic carbocycles. The lowest BCUT2D eigenvalue weighted by Gasteiger charge is -2.23. The number of carboxylic acid groups (broad SMARTS) is 1. The van der Waals surface area contributed by atoms with Crippen molar-refractivity contribution >= 4 is 23.7 Å². The molecular weight excluding hydrogens is 496 g/mol. The summed E-state index contributed by atoms with van der Waals surface area (Å²) in [5.74, 6) is -3.33. The Morgan fingerprint density at radius 2 is 1.42 bits per heavy atom. The van der Waals surface area contributed by atoms with Gasteiger partial charge >= 0.3 is 5.97 Å². The zero-order valence-electron chi connectivity index (χ0n) is 22.1. The Labute approximate surface area is 226 Å². The third-order valence-electron chi connectivity index (χ3n) is 5.03. The molecule has 0 heterocycles. The molecule has 38 heavy (non-hydrogen) atoms. The molecule has 0 fully saturated rings. The summed E-state index contributed by atoms with van der Waals surface area (Å²) >= 11 is 0. The van der Waals surface area contributed by atoms with E-state index in [1.165, 1.54) is 0 Å². The summed E-state index contributed by atoms with van der Waals surface area (Å²) in [6.07, 6.45) is -3.50. The second-order valence-electron chi connectivity index (χ2n) is 7.91. The van der Waals surface area contributed by atoms with Gasteiger partial charge < -0.3 is 42.1 Å². The van der Waals surface area contributed by atoms with Crippen molar-refractivity contribution in [3.05, 3.63) is 36.4 Å². The molecule has 12 heteroatoms. The van der Waals surface area contributed by atoms with E-state index in [2.05, 4.69) is 16.0 Å². The van der Waals surface area contributed by atoms with Gasteiger partial charge in [0.2, 0.25) is 11.8 Å². The molecule has 12 nitrogen and oxygen atoms in total. The summed E-state index contributed by atoms with van der Waals surface area (Å²) in [6.45, 7) is 6.47. The molecular formula is C26H48N4O8. The predicted octanol–water partition coefficient (Wildman–Crippen LogP) is 0.00480. The van der Waals surface area contributed by atoms with E-state index in [9.17, 15) is 34.5 Å². The van der Waals surface area contributed by atoms with Crippen LogP contribution in [0.25, 0.3) is 0 Å². The van der Waals surface area contributed by atoms with Gasteiger partial charge in [-0.25, -0.2) is 0 Å². The molecule has 0 aliphatic carbocycles. The van der Waals surface area contributed by atoms with Crippen LogP contribution >= 0.6 is 0 Å². The van der Waals surface area contributed by atoms with E-state index >= 15 is 0 Å². The summed E-state index contributed by atoms with van der Waals surface area (Å²) < 4.78 is 0. The van der Waals surface area contributed by atoms with E-state index < -0.39 is 61.1 Å². The topological polar surface area (TPSA) is 211 Å². The second-order valence-corrected chi connectivity index (χ2v) is 7.91. The minimum Gasteiger partial charge on any atom is -0.481 e. The van der Waals surface area contributed by atoms with Gasteiger partial charge in [0, 0.05) is 6.54 Å². The molecule has 0 radical (unpaired) electrons. The zero-order chi connectivity index (χ0) is 28.8. The molecule has 0 bridgehead atoms. The number of rotatable bonds is 14. The van der Waals surface area contributed by atoms with Crippen molar-refractivity contribution in [3.8, 4) is 0 Å². The number of carbonyl (C=O) groups excluding carboxylic acids is 3. The van der Waals surface area contributed by atoms with Crippen LogP contribution in [0.5, 0.6) is 0 Å². The number of benzene rings is 1. The summed E-state index contributed by atoms with van der Waals surface area (Å²) in [5, 5.41) is 44.4. The Bertz CT molecular complexity index is 740. The van der Waals surface area contributed by atoms with Crippen LogP contribution in [-0.2, 0) is 19.2 Å². The molecule has 1 rings (SSSR count).